The third-order valence-corrected chi connectivity index (χ3v) is 7.41. The number of amides is 1. The largest absolute Gasteiger partial charge is 0.372 e. The summed E-state index contributed by atoms with van der Waals surface area (Å²) < 4.78 is 0. The van der Waals surface area contributed by atoms with E-state index in [2.05, 4.69) is 50.5 Å². The molecule has 5 rings (SSSR count). The molecule has 1 aliphatic heterocycles. The molecule has 3 N–H and O–H groups in total. The number of aryl methyl sites for hydroxylation is 1. The molecular weight excluding hydrogens is 512 g/mol. The Morgan fingerprint density at radius 1 is 1.02 bits per heavy atom. The van der Waals surface area contributed by atoms with Crippen LogP contribution in [0, 0.1) is 18.3 Å². The van der Waals surface area contributed by atoms with Crippen molar-refractivity contribution >= 4 is 23.2 Å². The van der Waals surface area contributed by atoms with Crippen LogP contribution in [-0.4, -0.2) is 57.2 Å². The number of primary amides is 1. The minimum Gasteiger partial charge on any atom is -0.372 e. The molecule has 3 aromatic rings. The smallest absolute Gasteiger partial charge is 0.204 e. The fourth-order valence-corrected chi connectivity index (χ4v) is 4.65. The topological polar surface area (TPSA) is 118 Å². The van der Waals surface area contributed by atoms with Crippen LogP contribution in [0.1, 0.15) is 90.8 Å². The monoisotopic (exact) mass is 562 g/mol. The number of unbranched alkanes of at least 4 members (excludes halogenated alkanes) is 3. The van der Waals surface area contributed by atoms with Crippen molar-refractivity contribution in [3.63, 3.8) is 0 Å². The number of carbonyl (C=O) groups is 2. The molecule has 0 atom stereocenters. The summed E-state index contributed by atoms with van der Waals surface area (Å²) in [5, 5.41) is 0. The van der Waals surface area contributed by atoms with Gasteiger partial charge in [0.25, 0.3) is 0 Å². The van der Waals surface area contributed by atoms with Crippen molar-refractivity contribution < 1.29 is 9.59 Å². The molecule has 0 bridgehead atoms. The minimum absolute atomic E-state index is 0.250. The Morgan fingerprint density at radius 2 is 1.68 bits per heavy atom. The fourth-order valence-electron chi connectivity index (χ4n) is 4.65. The van der Waals surface area contributed by atoms with Gasteiger partial charge < -0.3 is 15.6 Å². The van der Waals surface area contributed by atoms with Crippen molar-refractivity contribution in [3.8, 4) is 24.1 Å². The lowest BCUT2D eigenvalue weighted by atomic mass is 9.94. The van der Waals surface area contributed by atoms with Gasteiger partial charge in [-0.3, -0.25) is 19.6 Å². The Bertz CT molecular complexity index is 1160. The van der Waals surface area contributed by atoms with Crippen molar-refractivity contribution in [1.82, 2.24) is 24.8 Å². The van der Waals surface area contributed by atoms with Crippen molar-refractivity contribution in [3.05, 3.63) is 42.6 Å². The van der Waals surface area contributed by atoms with E-state index in [9.17, 15) is 4.79 Å². The fraction of sp³-hybridized carbons (Fsp3) is 0.545. The quantitative estimate of drug-likeness (QED) is 0.178. The SMILES string of the molecule is C#C.CC.CCC(=O)CCCCCCc1ncc(-c2cnc3cccnc3c2)[nH]1.CN1CCC2(CC1)CC2.NC=O. The first kappa shape index (κ1) is 35.5. The molecule has 4 heterocycles. The number of nitrogens with zero attached hydrogens (tertiary/aromatic N) is 4. The molecule has 2 fully saturated rings. The molecule has 1 saturated carbocycles. The normalized spacial score (nSPS) is 14.5. The summed E-state index contributed by atoms with van der Waals surface area (Å²) in [6.45, 7) is 8.62. The molecule has 0 aromatic carbocycles. The van der Waals surface area contributed by atoms with Crippen LogP contribution in [0.2, 0.25) is 0 Å². The number of likely N-dealkylation sites (tertiary alicyclic amines) is 1. The Kier molecular flexibility index (Phi) is 17.6. The zero-order valence-corrected chi connectivity index (χ0v) is 25.6. The highest BCUT2D eigenvalue weighted by Crippen LogP contribution is 2.53. The summed E-state index contributed by atoms with van der Waals surface area (Å²) in [7, 11) is 2.23. The van der Waals surface area contributed by atoms with Gasteiger partial charge in [-0.15, -0.1) is 12.8 Å². The number of nitrogens with two attached hydrogens (primary N) is 1. The number of imidazole rings is 1. The predicted octanol–water partition coefficient (Wildman–Crippen LogP) is 6.36. The van der Waals surface area contributed by atoms with Crippen LogP contribution >= 0.6 is 0 Å². The first-order chi connectivity index (χ1) is 20.0. The lowest BCUT2D eigenvalue weighted by molar-refractivity contribution is -0.118. The second kappa shape index (κ2) is 20.3. The first-order valence-electron chi connectivity index (χ1n) is 14.9. The molecule has 0 radical (unpaired) electrons. The molecule has 1 saturated heterocycles. The average Bonchev–Trinajstić information content (AvgIpc) is 3.62. The van der Waals surface area contributed by atoms with Gasteiger partial charge in [0.05, 0.1) is 22.9 Å². The highest BCUT2D eigenvalue weighted by atomic mass is 16.1. The van der Waals surface area contributed by atoms with E-state index in [-0.39, 0.29) is 6.41 Å². The maximum Gasteiger partial charge on any atom is 0.204 e. The molecular formula is C33H50N6O2. The Labute approximate surface area is 247 Å². The van der Waals surface area contributed by atoms with Crippen LogP contribution in [0.25, 0.3) is 22.3 Å². The molecule has 1 aliphatic carbocycles. The number of Topliss-reactive ketones (excluding diaryl/α,β-unsaturated/α-hetero) is 1. The number of hydrogen-bond acceptors (Lipinski definition) is 6. The number of carbonyl (C=O) groups excluding carboxylic acids is 2. The van der Waals surface area contributed by atoms with Gasteiger partial charge in [0, 0.05) is 37.2 Å². The van der Waals surface area contributed by atoms with E-state index in [1.165, 1.54) is 38.8 Å². The molecule has 2 aliphatic rings. The number of nitrogens with one attached hydrogen (secondary N) is 1. The number of fused-ring (bicyclic) bond motifs is 1. The van der Waals surface area contributed by atoms with Crippen LogP contribution in [0.4, 0.5) is 0 Å². The number of aromatic nitrogens is 4. The van der Waals surface area contributed by atoms with Crippen LogP contribution in [0.3, 0.4) is 0 Å². The number of H-pyrrole nitrogens is 1. The van der Waals surface area contributed by atoms with Gasteiger partial charge in [0.2, 0.25) is 6.41 Å². The summed E-state index contributed by atoms with van der Waals surface area (Å²) >= 11 is 0. The van der Waals surface area contributed by atoms with E-state index in [0.717, 1.165) is 72.1 Å². The van der Waals surface area contributed by atoms with Crippen molar-refractivity contribution in [2.45, 2.75) is 91.4 Å². The lowest BCUT2D eigenvalue weighted by Gasteiger charge is -2.28. The third-order valence-electron chi connectivity index (χ3n) is 7.41. The highest BCUT2D eigenvalue weighted by Gasteiger charge is 2.43. The standard InChI is InChI=1S/C20H24N4O.C8H15N.C2H6.C2H2.CH3NO/c1-2-16(25)8-5-3-4-6-10-20-23-14-19(24-20)15-12-18-17(22-13-15)9-7-11-21-18;1-9-6-4-8(2-3-8)5-7-9;2*1-2;2-1-3/h7,9,11-14H,2-6,8,10H2,1H3,(H,23,24);2-7H2,1H3;1-2H3;1-2H;1H,(H2,2,3). The van der Waals surface area contributed by atoms with E-state index in [4.69, 9.17) is 4.79 Å². The van der Waals surface area contributed by atoms with Crippen molar-refractivity contribution in [2.75, 3.05) is 20.1 Å². The maximum atomic E-state index is 11.3. The number of ketones is 1. The lowest BCUT2D eigenvalue weighted by Crippen LogP contribution is -2.30. The van der Waals surface area contributed by atoms with Gasteiger partial charge >= 0.3 is 0 Å². The molecule has 224 valence electrons. The first-order valence-corrected chi connectivity index (χ1v) is 14.9. The van der Waals surface area contributed by atoms with Gasteiger partial charge in [-0.2, -0.15) is 0 Å². The molecule has 41 heavy (non-hydrogen) atoms. The van der Waals surface area contributed by atoms with E-state index in [1.807, 2.05) is 51.4 Å². The molecule has 8 heteroatoms. The van der Waals surface area contributed by atoms with Crippen molar-refractivity contribution in [2.24, 2.45) is 11.1 Å². The Morgan fingerprint density at radius 3 is 2.32 bits per heavy atom. The number of hydrogen-bond donors (Lipinski definition) is 2. The van der Waals surface area contributed by atoms with E-state index >= 15 is 0 Å². The average molecular weight is 563 g/mol. The van der Waals surface area contributed by atoms with Gasteiger partial charge in [-0.25, -0.2) is 4.98 Å². The summed E-state index contributed by atoms with van der Waals surface area (Å²) in [6.07, 6.45) is 26.4. The molecule has 8 nitrogen and oxygen atoms in total. The number of terminal acetylenes is 1. The van der Waals surface area contributed by atoms with Gasteiger partial charge in [0.1, 0.15) is 11.6 Å². The molecule has 1 spiro atoms. The van der Waals surface area contributed by atoms with Crippen LogP contribution in [-0.2, 0) is 16.0 Å². The minimum atomic E-state index is 0.250. The number of aromatic amines is 1. The second-order valence-corrected chi connectivity index (χ2v) is 10.3. The Hall–Kier alpha value is -3.57. The van der Waals surface area contributed by atoms with Gasteiger partial charge in [-0.05, 0) is 82.3 Å². The molecule has 0 unspecified atom stereocenters. The summed E-state index contributed by atoms with van der Waals surface area (Å²) in [4.78, 5) is 38.9. The summed E-state index contributed by atoms with van der Waals surface area (Å²) in [5.41, 5.74) is 8.80. The maximum absolute atomic E-state index is 11.3. The van der Waals surface area contributed by atoms with E-state index in [1.54, 1.807) is 6.20 Å². The van der Waals surface area contributed by atoms with Crippen LogP contribution in [0.5, 0.6) is 0 Å². The van der Waals surface area contributed by atoms with E-state index in [0.29, 0.717) is 12.2 Å². The highest BCUT2D eigenvalue weighted by molar-refractivity contribution is 5.79. The van der Waals surface area contributed by atoms with Crippen molar-refractivity contribution in [1.29, 1.82) is 0 Å². The zero-order valence-electron chi connectivity index (χ0n) is 25.6. The Balaban J connectivity index is 0.000000431. The second-order valence-electron chi connectivity index (χ2n) is 10.3. The number of pyridine rings is 2. The summed E-state index contributed by atoms with van der Waals surface area (Å²) in [5.74, 6) is 1.37. The van der Waals surface area contributed by atoms with Gasteiger partial charge in [0.15, 0.2) is 0 Å². The van der Waals surface area contributed by atoms with Gasteiger partial charge in [-0.1, -0.05) is 33.6 Å². The van der Waals surface area contributed by atoms with Crippen LogP contribution < -0.4 is 5.73 Å². The number of rotatable bonds is 9. The molecule has 3 aromatic heterocycles. The predicted molar refractivity (Wildman–Crippen MR) is 169 cm³/mol. The van der Waals surface area contributed by atoms with E-state index < -0.39 is 0 Å². The third kappa shape index (κ3) is 13.1. The molecule has 1 amide bonds. The zero-order chi connectivity index (χ0) is 30.5. The number of piperidine rings is 1. The summed E-state index contributed by atoms with van der Waals surface area (Å²) in [6, 6.07) is 5.88. The van der Waals surface area contributed by atoms with Crippen LogP contribution in [0.15, 0.2) is 36.8 Å².